The normalized spacial score (nSPS) is 26.9. The van der Waals surface area contributed by atoms with Gasteiger partial charge in [0.15, 0.2) is 0 Å². The summed E-state index contributed by atoms with van der Waals surface area (Å²) in [6, 6.07) is 8.40. The van der Waals surface area contributed by atoms with Crippen LogP contribution in [-0.4, -0.2) is 54.4 Å². The number of hydrogen-bond acceptors (Lipinski definition) is 7. The van der Waals surface area contributed by atoms with Gasteiger partial charge in [-0.2, -0.15) is 4.98 Å². The van der Waals surface area contributed by atoms with Crippen LogP contribution in [0.4, 0.5) is 0 Å². The Labute approximate surface area is 165 Å². The minimum atomic E-state index is -0.981. The lowest BCUT2D eigenvalue weighted by Gasteiger charge is -2.31. The van der Waals surface area contributed by atoms with Crippen molar-refractivity contribution in [3.63, 3.8) is 0 Å². The lowest BCUT2D eigenvalue weighted by Crippen LogP contribution is -2.35. The van der Waals surface area contributed by atoms with Gasteiger partial charge in [-0.25, -0.2) is 4.98 Å². The summed E-state index contributed by atoms with van der Waals surface area (Å²) in [6.45, 7) is 2.65. The minimum Gasteiger partial charge on any atom is -0.497 e. The van der Waals surface area contributed by atoms with Crippen molar-refractivity contribution in [2.75, 3.05) is 34.4 Å². The van der Waals surface area contributed by atoms with Gasteiger partial charge in [0.2, 0.25) is 5.88 Å². The molecule has 0 spiro atoms. The van der Waals surface area contributed by atoms with Crippen molar-refractivity contribution in [2.24, 2.45) is 11.8 Å². The number of ether oxygens (including phenoxy) is 3. The molecule has 28 heavy (non-hydrogen) atoms. The van der Waals surface area contributed by atoms with E-state index in [4.69, 9.17) is 14.2 Å². The fraction of sp³-hybridized carbons (Fsp3) is 0.524. The third-order valence-corrected chi connectivity index (χ3v) is 6.14. The van der Waals surface area contributed by atoms with E-state index in [1.54, 1.807) is 20.4 Å². The van der Waals surface area contributed by atoms with Gasteiger partial charge in [0.1, 0.15) is 11.4 Å². The van der Waals surface area contributed by atoms with E-state index >= 15 is 0 Å². The van der Waals surface area contributed by atoms with E-state index in [0.717, 1.165) is 31.8 Å². The van der Waals surface area contributed by atoms with Gasteiger partial charge in [-0.3, -0.25) is 4.90 Å². The van der Waals surface area contributed by atoms with Crippen molar-refractivity contribution >= 4 is 0 Å². The topological polar surface area (TPSA) is 76.9 Å². The van der Waals surface area contributed by atoms with Crippen LogP contribution in [0.2, 0.25) is 0 Å². The quantitative estimate of drug-likeness (QED) is 0.817. The van der Waals surface area contributed by atoms with E-state index in [2.05, 4.69) is 27.0 Å². The van der Waals surface area contributed by atoms with E-state index in [1.807, 2.05) is 12.1 Å². The van der Waals surface area contributed by atoms with Crippen LogP contribution in [0.3, 0.4) is 0 Å². The van der Waals surface area contributed by atoms with Crippen LogP contribution in [0.15, 0.2) is 30.5 Å². The third kappa shape index (κ3) is 3.29. The van der Waals surface area contributed by atoms with Crippen LogP contribution in [0, 0.1) is 11.8 Å². The molecule has 0 radical (unpaired) electrons. The van der Waals surface area contributed by atoms with Gasteiger partial charge in [0.05, 0.1) is 26.9 Å². The summed E-state index contributed by atoms with van der Waals surface area (Å²) in [7, 11) is 4.76. The highest BCUT2D eigenvalue weighted by Gasteiger charge is 2.53. The summed E-state index contributed by atoms with van der Waals surface area (Å²) in [5.74, 6) is 1.83. The number of likely N-dealkylation sites (tertiary alicyclic amines) is 1. The summed E-state index contributed by atoms with van der Waals surface area (Å²) >= 11 is 0. The van der Waals surface area contributed by atoms with E-state index in [9.17, 15) is 5.11 Å². The minimum absolute atomic E-state index is 0.129. The molecule has 7 nitrogen and oxygen atoms in total. The first kappa shape index (κ1) is 19.0. The summed E-state index contributed by atoms with van der Waals surface area (Å²) in [4.78, 5) is 10.9. The first-order valence-electron chi connectivity index (χ1n) is 9.60. The second-order valence-electron chi connectivity index (χ2n) is 7.65. The second kappa shape index (κ2) is 7.56. The molecular weight excluding hydrogens is 358 g/mol. The van der Waals surface area contributed by atoms with Gasteiger partial charge < -0.3 is 19.3 Å². The molecule has 4 rings (SSSR count). The van der Waals surface area contributed by atoms with Gasteiger partial charge >= 0.3 is 6.01 Å². The summed E-state index contributed by atoms with van der Waals surface area (Å²) < 4.78 is 15.9. The van der Waals surface area contributed by atoms with Crippen LogP contribution >= 0.6 is 0 Å². The number of benzene rings is 1. The number of methoxy groups -OCH3 is 3. The van der Waals surface area contributed by atoms with Gasteiger partial charge in [0.25, 0.3) is 0 Å². The van der Waals surface area contributed by atoms with Crippen LogP contribution in [0.1, 0.15) is 24.0 Å². The van der Waals surface area contributed by atoms with Gasteiger partial charge in [-0.05, 0) is 36.5 Å². The zero-order valence-corrected chi connectivity index (χ0v) is 16.6. The lowest BCUT2D eigenvalue weighted by atomic mass is 9.83. The molecule has 0 unspecified atom stereocenters. The molecule has 2 aromatic rings. The molecule has 2 fully saturated rings. The Bertz CT molecular complexity index is 846. The van der Waals surface area contributed by atoms with Crippen molar-refractivity contribution in [1.29, 1.82) is 0 Å². The zero-order chi connectivity index (χ0) is 19.7. The SMILES string of the molecule is COc1cccc(CN2C[C@@H]3CC[C@@](O)(c4cnc(OC)nc4OC)[C@@H]3C2)c1. The number of hydrogen-bond donors (Lipinski definition) is 1. The number of aromatic nitrogens is 2. The lowest BCUT2D eigenvalue weighted by molar-refractivity contribution is -0.00972. The van der Waals surface area contributed by atoms with Gasteiger partial charge in [-0.15, -0.1) is 0 Å². The molecule has 150 valence electrons. The van der Waals surface area contributed by atoms with Crippen LogP contribution < -0.4 is 14.2 Å². The Morgan fingerprint density at radius 3 is 2.79 bits per heavy atom. The molecule has 7 heteroatoms. The summed E-state index contributed by atoms with van der Waals surface area (Å²) in [5.41, 5.74) is 0.894. The standard InChI is InChI=1S/C21H27N3O4/c1-26-16-6-4-5-14(9-16)11-24-12-15-7-8-21(25,18(15)13-24)17-10-22-20(28-3)23-19(17)27-2/h4-6,9-10,15,18,25H,7-8,11-13H2,1-3H3/t15-,18+,21+/m0/s1. The fourth-order valence-corrected chi connectivity index (χ4v) is 4.78. The molecule has 1 aromatic heterocycles. The highest BCUT2D eigenvalue weighted by molar-refractivity contribution is 5.34. The average molecular weight is 385 g/mol. The maximum Gasteiger partial charge on any atom is 0.319 e. The average Bonchev–Trinajstić information content (AvgIpc) is 3.27. The maximum atomic E-state index is 11.6. The predicted molar refractivity (Wildman–Crippen MR) is 104 cm³/mol. The van der Waals surface area contributed by atoms with Crippen molar-refractivity contribution in [1.82, 2.24) is 14.9 Å². The molecule has 1 aliphatic carbocycles. The van der Waals surface area contributed by atoms with Crippen molar-refractivity contribution in [3.05, 3.63) is 41.6 Å². The first-order chi connectivity index (χ1) is 13.6. The Morgan fingerprint density at radius 1 is 1.18 bits per heavy atom. The Balaban J connectivity index is 1.54. The van der Waals surface area contributed by atoms with E-state index in [-0.39, 0.29) is 11.9 Å². The molecular formula is C21H27N3O4. The molecule has 1 saturated carbocycles. The molecule has 0 amide bonds. The van der Waals surface area contributed by atoms with Crippen molar-refractivity contribution in [3.8, 4) is 17.6 Å². The van der Waals surface area contributed by atoms with Crippen LogP contribution in [-0.2, 0) is 12.1 Å². The Kier molecular flexibility index (Phi) is 5.12. The zero-order valence-electron chi connectivity index (χ0n) is 16.6. The molecule has 1 saturated heterocycles. The molecule has 3 atom stereocenters. The van der Waals surface area contributed by atoms with Gasteiger partial charge in [0, 0.05) is 31.7 Å². The Hall–Kier alpha value is -2.38. The van der Waals surface area contributed by atoms with Crippen LogP contribution in [0.25, 0.3) is 0 Å². The maximum absolute atomic E-state index is 11.6. The highest BCUT2D eigenvalue weighted by atomic mass is 16.5. The van der Waals surface area contributed by atoms with E-state index < -0.39 is 5.60 Å². The summed E-state index contributed by atoms with van der Waals surface area (Å²) in [6.07, 6.45) is 3.32. The predicted octanol–water partition coefficient (Wildman–Crippen LogP) is 2.23. The summed E-state index contributed by atoms with van der Waals surface area (Å²) in [5, 5.41) is 11.6. The fourth-order valence-electron chi connectivity index (χ4n) is 4.78. The monoisotopic (exact) mass is 385 g/mol. The highest BCUT2D eigenvalue weighted by Crippen LogP contribution is 2.52. The molecule has 1 aromatic carbocycles. The second-order valence-corrected chi connectivity index (χ2v) is 7.65. The van der Waals surface area contributed by atoms with E-state index in [0.29, 0.717) is 23.8 Å². The number of fused-ring (bicyclic) bond motifs is 1. The number of rotatable bonds is 6. The molecule has 1 aliphatic heterocycles. The first-order valence-corrected chi connectivity index (χ1v) is 9.60. The smallest absolute Gasteiger partial charge is 0.319 e. The molecule has 0 bridgehead atoms. The van der Waals surface area contributed by atoms with Crippen LogP contribution in [0.5, 0.6) is 17.6 Å². The van der Waals surface area contributed by atoms with Crippen molar-refractivity contribution < 1.29 is 19.3 Å². The number of nitrogens with zero attached hydrogens (tertiary/aromatic N) is 3. The largest absolute Gasteiger partial charge is 0.497 e. The molecule has 2 aliphatic rings. The van der Waals surface area contributed by atoms with Gasteiger partial charge in [-0.1, -0.05) is 12.1 Å². The number of aliphatic hydroxyl groups is 1. The third-order valence-electron chi connectivity index (χ3n) is 6.14. The molecule has 2 heterocycles. The van der Waals surface area contributed by atoms with E-state index in [1.165, 1.54) is 12.7 Å². The Morgan fingerprint density at radius 2 is 2.04 bits per heavy atom. The van der Waals surface area contributed by atoms with Crippen molar-refractivity contribution in [2.45, 2.75) is 25.0 Å². The molecule has 1 N–H and O–H groups in total.